The number of aromatic nitrogens is 3. The zero-order valence-corrected chi connectivity index (χ0v) is 8.28. The van der Waals surface area contributed by atoms with Crippen LogP contribution < -0.4 is 0 Å². The minimum absolute atomic E-state index is 0.442. The monoisotopic (exact) mass is 201 g/mol. The van der Waals surface area contributed by atoms with Gasteiger partial charge in [0, 0.05) is 7.05 Å². The van der Waals surface area contributed by atoms with Crippen molar-refractivity contribution in [3.05, 3.63) is 6.33 Å². The van der Waals surface area contributed by atoms with Gasteiger partial charge in [-0.05, 0) is 6.42 Å². The lowest BCUT2D eigenvalue weighted by Gasteiger charge is -2.07. The molecule has 6 heteroatoms. The summed E-state index contributed by atoms with van der Waals surface area (Å²) in [5.41, 5.74) is 0. The molecule has 0 fully saturated rings. The van der Waals surface area contributed by atoms with Crippen molar-refractivity contribution in [3.8, 4) is 0 Å². The van der Waals surface area contributed by atoms with E-state index in [0.717, 1.165) is 0 Å². The summed E-state index contributed by atoms with van der Waals surface area (Å²) in [5, 5.41) is 12.8. The van der Waals surface area contributed by atoms with Gasteiger partial charge in [0.1, 0.15) is 11.6 Å². The Hall–Kier alpha value is -1.04. The molecule has 1 unspecified atom stereocenters. The minimum atomic E-state index is -0.810. The minimum Gasteiger partial charge on any atom is -0.480 e. The first kappa shape index (κ1) is 10.0. The highest BCUT2D eigenvalue weighted by molar-refractivity contribution is 8.00. The van der Waals surface area contributed by atoms with Crippen molar-refractivity contribution in [1.82, 2.24) is 14.8 Å². The molecule has 1 rings (SSSR count). The van der Waals surface area contributed by atoms with Gasteiger partial charge >= 0.3 is 5.97 Å². The van der Waals surface area contributed by atoms with Crippen molar-refractivity contribution in [2.75, 3.05) is 0 Å². The molecule has 0 aliphatic rings. The molecular formula is C7H11N3O2S. The van der Waals surface area contributed by atoms with Crippen LogP contribution in [-0.2, 0) is 11.8 Å². The Morgan fingerprint density at radius 3 is 2.92 bits per heavy atom. The summed E-state index contributed by atoms with van der Waals surface area (Å²) in [5.74, 6) is -0.810. The fraction of sp³-hybridized carbons (Fsp3) is 0.571. The molecule has 0 saturated heterocycles. The Bertz CT molecular complexity index is 300. The second-order valence-corrected chi connectivity index (χ2v) is 3.69. The number of hydrogen-bond acceptors (Lipinski definition) is 4. The van der Waals surface area contributed by atoms with Gasteiger partial charge in [-0.3, -0.25) is 4.79 Å². The normalized spacial score (nSPS) is 12.8. The zero-order valence-electron chi connectivity index (χ0n) is 7.47. The lowest BCUT2D eigenvalue weighted by molar-refractivity contribution is -0.136. The molecule has 0 saturated carbocycles. The van der Waals surface area contributed by atoms with Crippen LogP contribution in [0.2, 0.25) is 0 Å². The molecule has 0 amide bonds. The fourth-order valence-electron chi connectivity index (χ4n) is 0.828. The van der Waals surface area contributed by atoms with Gasteiger partial charge < -0.3 is 5.11 Å². The summed E-state index contributed by atoms with van der Waals surface area (Å²) >= 11 is 1.22. The lowest BCUT2D eigenvalue weighted by atomic mass is 10.3. The van der Waals surface area contributed by atoms with Crippen LogP contribution in [0.15, 0.2) is 11.5 Å². The van der Waals surface area contributed by atoms with Crippen LogP contribution in [0.25, 0.3) is 0 Å². The van der Waals surface area contributed by atoms with E-state index in [1.165, 1.54) is 18.1 Å². The third kappa shape index (κ3) is 2.45. The maximum absolute atomic E-state index is 10.7. The van der Waals surface area contributed by atoms with Gasteiger partial charge in [-0.2, -0.15) is 5.10 Å². The Labute approximate surface area is 80.2 Å². The van der Waals surface area contributed by atoms with Crippen LogP contribution >= 0.6 is 11.8 Å². The average molecular weight is 201 g/mol. The molecular weight excluding hydrogens is 190 g/mol. The first-order valence-electron chi connectivity index (χ1n) is 3.88. The number of carboxylic acids is 1. The zero-order chi connectivity index (χ0) is 9.84. The molecule has 0 aliphatic carbocycles. The van der Waals surface area contributed by atoms with Gasteiger partial charge in [0.05, 0.1) is 0 Å². The molecule has 5 nitrogen and oxygen atoms in total. The molecule has 0 bridgehead atoms. The summed E-state index contributed by atoms with van der Waals surface area (Å²) in [6, 6.07) is 0. The molecule has 13 heavy (non-hydrogen) atoms. The van der Waals surface area contributed by atoms with Gasteiger partial charge in [-0.1, -0.05) is 18.7 Å². The highest BCUT2D eigenvalue weighted by Gasteiger charge is 2.18. The molecule has 1 aromatic rings. The Balaban J connectivity index is 2.67. The Morgan fingerprint density at radius 1 is 1.85 bits per heavy atom. The van der Waals surface area contributed by atoms with Crippen molar-refractivity contribution in [3.63, 3.8) is 0 Å². The summed E-state index contributed by atoms with van der Waals surface area (Å²) in [6.07, 6.45) is 1.99. The number of thioether (sulfide) groups is 1. The van der Waals surface area contributed by atoms with E-state index in [1.807, 2.05) is 6.92 Å². The molecule has 0 aliphatic heterocycles. The quantitative estimate of drug-likeness (QED) is 0.729. The SMILES string of the molecule is CCC(Sc1ncnn1C)C(=O)O. The average Bonchev–Trinajstić information content (AvgIpc) is 2.46. The van der Waals surface area contributed by atoms with E-state index in [-0.39, 0.29) is 0 Å². The molecule has 1 atom stereocenters. The lowest BCUT2D eigenvalue weighted by Crippen LogP contribution is -2.15. The van der Waals surface area contributed by atoms with E-state index in [9.17, 15) is 4.79 Å². The molecule has 0 radical (unpaired) electrons. The van der Waals surface area contributed by atoms with E-state index in [0.29, 0.717) is 11.6 Å². The smallest absolute Gasteiger partial charge is 0.317 e. The van der Waals surface area contributed by atoms with Crippen molar-refractivity contribution < 1.29 is 9.90 Å². The van der Waals surface area contributed by atoms with Crippen molar-refractivity contribution in [2.45, 2.75) is 23.8 Å². The number of aliphatic carboxylic acids is 1. The molecule has 72 valence electrons. The van der Waals surface area contributed by atoms with Crippen molar-refractivity contribution in [1.29, 1.82) is 0 Å². The predicted octanol–water partition coefficient (Wildman–Crippen LogP) is 0.770. The van der Waals surface area contributed by atoms with Crippen molar-refractivity contribution >= 4 is 17.7 Å². The summed E-state index contributed by atoms with van der Waals surface area (Å²) in [6.45, 7) is 1.84. The number of carboxylic acid groups (broad SMARTS) is 1. The fourth-order valence-corrected chi connectivity index (χ4v) is 1.66. The van der Waals surface area contributed by atoms with Crippen molar-refractivity contribution in [2.24, 2.45) is 7.05 Å². The maximum atomic E-state index is 10.7. The number of rotatable bonds is 4. The molecule has 0 aromatic carbocycles. The first-order chi connectivity index (χ1) is 6.15. The summed E-state index contributed by atoms with van der Waals surface area (Å²) in [4.78, 5) is 14.6. The van der Waals surface area contributed by atoms with Gasteiger partial charge in [0.2, 0.25) is 0 Å². The second-order valence-electron chi connectivity index (χ2n) is 2.52. The Kier molecular flexibility index (Phi) is 3.30. The maximum Gasteiger partial charge on any atom is 0.317 e. The van der Waals surface area contributed by atoms with Gasteiger partial charge in [0.25, 0.3) is 0 Å². The van der Waals surface area contributed by atoms with Crippen LogP contribution in [0.4, 0.5) is 0 Å². The Morgan fingerprint density at radius 2 is 2.54 bits per heavy atom. The number of aryl methyl sites for hydroxylation is 1. The standard InChI is InChI=1S/C7H11N3O2S/c1-3-5(6(11)12)13-7-8-4-9-10(7)2/h4-5H,3H2,1-2H3,(H,11,12). The van der Waals surface area contributed by atoms with E-state index in [1.54, 1.807) is 11.7 Å². The van der Waals surface area contributed by atoms with Gasteiger partial charge in [-0.25, -0.2) is 9.67 Å². The summed E-state index contributed by atoms with van der Waals surface area (Å²) < 4.78 is 1.57. The van der Waals surface area contributed by atoms with Crippen LogP contribution in [0.3, 0.4) is 0 Å². The van der Waals surface area contributed by atoms with Gasteiger partial charge in [-0.15, -0.1) is 0 Å². The molecule has 1 N–H and O–H groups in total. The van der Waals surface area contributed by atoms with E-state index < -0.39 is 11.2 Å². The number of nitrogens with zero attached hydrogens (tertiary/aromatic N) is 3. The number of carbonyl (C=O) groups is 1. The van der Waals surface area contributed by atoms with E-state index in [4.69, 9.17) is 5.11 Å². The van der Waals surface area contributed by atoms with E-state index >= 15 is 0 Å². The molecule has 1 heterocycles. The van der Waals surface area contributed by atoms with Crippen LogP contribution in [0, 0.1) is 0 Å². The van der Waals surface area contributed by atoms with Crippen LogP contribution in [0.5, 0.6) is 0 Å². The number of hydrogen-bond donors (Lipinski definition) is 1. The summed E-state index contributed by atoms with van der Waals surface area (Å²) in [7, 11) is 1.74. The first-order valence-corrected chi connectivity index (χ1v) is 4.76. The molecule has 0 spiro atoms. The second kappa shape index (κ2) is 4.27. The van der Waals surface area contributed by atoms with Crippen LogP contribution in [0.1, 0.15) is 13.3 Å². The van der Waals surface area contributed by atoms with E-state index in [2.05, 4.69) is 10.1 Å². The predicted molar refractivity (Wildman–Crippen MR) is 48.6 cm³/mol. The van der Waals surface area contributed by atoms with Gasteiger partial charge in [0.15, 0.2) is 5.16 Å². The highest BCUT2D eigenvalue weighted by Crippen LogP contribution is 2.22. The third-order valence-corrected chi connectivity index (χ3v) is 2.96. The topological polar surface area (TPSA) is 68.0 Å². The third-order valence-electron chi connectivity index (χ3n) is 1.56. The molecule has 1 aromatic heterocycles. The van der Waals surface area contributed by atoms with Crippen LogP contribution in [-0.4, -0.2) is 31.1 Å². The highest BCUT2D eigenvalue weighted by atomic mass is 32.2. The largest absolute Gasteiger partial charge is 0.480 e.